The van der Waals surface area contributed by atoms with E-state index in [4.69, 9.17) is 23.1 Å². The molecule has 1 aliphatic rings. The molecule has 118 valence electrons. The Morgan fingerprint density at radius 3 is 2.65 bits per heavy atom. The Balaban J connectivity index is 1.92. The van der Waals surface area contributed by atoms with Gasteiger partial charge in [-0.15, -0.1) is 0 Å². The normalized spacial score (nSPS) is 16.4. The van der Waals surface area contributed by atoms with E-state index in [-0.39, 0.29) is 35.8 Å². The summed E-state index contributed by atoms with van der Waals surface area (Å²) in [6.45, 7) is 0. The van der Waals surface area contributed by atoms with Crippen LogP contribution in [0.15, 0.2) is 24.3 Å². The van der Waals surface area contributed by atoms with Crippen molar-refractivity contribution in [3.63, 3.8) is 0 Å². The van der Waals surface area contributed by atoms with Gasteiger partial charge in [0.25, 0.3) is 0 Å². The van der Waals surface area contributed by atoms with Crippen LogP contribution in [-0.2, 0) is 9.59 Å². The minimum absolute atomic E-state index is 0.0517. The number of hydrogen-bond acceptors (Lipinski definition) is 6. The highest BCUT2D eigenvalue weighted by molar-refractivity contribution is 6.30. The molecule has 2 amide bonds. The second kappa shape index (κ2) is 5.73. The highest BCUT2D eigenvalue weighted by Gasteiger charge is 2.34. The third kappa shape index (κ3) is 3.02. The van der Waals surface area contributed by atoms with Crippen LogP contribution in [0.1, 0.15) is 17.9 Å². The van der Waals surface area contributed by atoms with Crippen LogP contribution >= 0.6 is 11.6 Å². The van der Waals surface area contributed by atoms with Gasteiger partial charge in [0.2, 0.25) is 17.8 Å². The summed E-state index contributed by atoms with van der Waals surface area (Å²) in [6.07, 6.45) is -0.0517. The number of amides is 2. The maximum atomic E-state index is 12.5. The molecule has 2 aromatic rings. The molecular formula is C14H13ClN6O2. The third-order valence-corrected chi connectivity index (χ3v) is 3.67. The zero-order valence-electron chi connectivity index (χ0n) is 11.8. The first kappa shape index (κ1) is 15.0. The predicted molar refractivity (Wildman–Crippen MR) is 86.9 cm³/mol. The Kier molecular flexibility index (Phi) is 3.75. The summed E-state index contributed by atoms with van der Waals surface area (Å²) in [6, 6.07) is 6.62. The maximum absolute atomic E-state index is 12.5. The Labute approximate surface area is 136 Å². The van der Waals surface area contributed by atoms with E-state index in [1.165, 1.54) is 0 Å². The van der Waals surface area contributed by atoms with Crippen LogP contribution in [-0.4, -0.2) is 21.8 Å². The van der Waals surface area contributed by atoms with Crippen LogP contribution in [0.3, 0.4) is 0 Å². The molecular weight excluding hydrogens is 320 g/mol. The molecule has 9 heteroatoms. The van der Waals surface area contributed by atoms with Crippen molar-refractivity contribution in [1.82, 2.24) is 9.97 Å². The van der Waals surface area contributed by atoms with E-state index >= 15 is 0 Å². The average molecular weight is 333 g/mol. The molecule has 23 heavy (non-hydrogen) atoms. The second-order valence-corrected chi connectivity index (χ2v) is 5.47. The first-order valence-corrected chi connectivity index (χ1v) is 7.11. The van der Waals surface area contributed by atoms with Gasteiger partial charge in [-0.1, -0.05) is 11.6 Å². The number of benzene rings is 1. The summed E-state index contributed by atoms with van der Waals surface area (Å²) in [5.74, 6) is -1.35. The van der Waals surface area contributed by atoms with E-state index in [9.17, 15) is 9.59 Å². The van der Waals surface area contributed by atoms with Gasteiger partial charge in [0, 0.05) is 17.1 Å². The van der Waals surface area contributed by atoms with E-state index < -0.39 is 5.92 Å². The van der Waals surface area contributed by atoms with Gasteiger partial charge >= 0.3 is 0 Å². The number of nitrogens with two attached hydrogens (primary N) is 2. The lowest BCUT2D eigenvalue weighted by molar-refractivity contribution is -0.123. The second-order valence-electron chi connectivity index (χ2n) is 5.03. The first-order valence-electron chi connectivity index (χ1n) is 6.73. The topological polar surface area (TPSA) is 136 Å². The van der Waals surface area contributed by atoms with Crippen LogP contribution < -0.4 is 22.1 Å². The predicted octanol–water partition coefficient (Wildman–Crippen LogP) is 1.36. The average Bonchev–Trinajstić information content (AvgIpc) is 2.48. The zero-order valence-corrected chi connectivity index (χ0v) is 12.6. The van der Waals surface area contributed by atoms with Crippen LogP contribution in [0.4, 0.5) is 23.3 Å². The van der Waals surface area contributed by atoms with Crippen molar-refractivity contribution >= 4 is 46.7 Å². The number of fused-ring (bicyclic) bond motifs is 1. The SMILES string of the molecule is Nc1nc(N)c2c(n1)NC(=O)CC2C(=O)Nc1ccc(Cl)cc1. The highest BCUT2D eigenvalue weighted by atomic mass is 35.5. The fraction of sp³-hybridized carbons (Fsp3) is 0.143. The van der Waals surface area contributed by atoms with Gasteiger partial charge in [0.05, 0.1) is 11.5 Å². The maximum Gasteiger partial charge on any atom is 0.232 e. The van der Waals surface area contributed by atoms with E-state index in [2.05, 4.69) is 20.6 Å². The van der Waals surface area contributed by atoms with Crippen LogP contribution in [0.2, 0.25) is 5.02 Å². The first-order chi connectivity index (χ1) is 10.9. The summed E-state index contributed by atoms with van der Waals surface area (Å²) in [4.78, 5) is 32.1. The van der Waals surface area contributed by atoms with Crippen molar-refractivity contribution in [2.75, 3.05) is 22.1 Å². The molecule has 1 unspecified atom stereocenters. The Hall–Kier alpha value is -2.87. The minimum Gasteiger partial charge on any atom is -0.383 e. The van der Waals surface area contributed by atoms with Crippen molar-refractivity contribution in [1.29, 1.82) is 0 Å². The van der Waals surface area contributed by atoms with Crippen molar-refractivity contribution in [2.45, 2.75) is 12.3 Å². The zero-order chi connectivity index (χ0) is 16.6. The van der Waals surface area contributed by atoms with E-state index in [0.29, 0.717) is 16.3 Å². The molecule has 1 atom stereocenters. The molecule has 6 N–H and O–H groups in total. The minimum atomic E-state index is -0.796. The fourth-order valence-corrected chi connectivity index (χ4v) is 2.53. The Morgan fingerprint density at radius 1 is 1.26 bits per heavy atom. The lowest BCUT2D eigenvalue weighted by Gasteiger charge is -2.25. The molecule has 0 fully saturated rings. The van der Waals surface area contributed by atoms with Crippen molar-refractivity contribution in [3.05, 3.63) is 34.9 Å². The molecule has 1 aromatic heterocycles. The molecule has 1 aliphatic heterocycles. The molecule has 0 saturated heterocycles. The summed E-state index contributed by atoms with van der Waals surface area (Å²) in [7, 11) is 0. The number of rotatable bonds is 2. The van der Waals surface area contributed by atoms with Crippen molar-refractivity contribution in [3.8, 4) is 0 Å². The molecule has 0 spiro atoms. The smallest absolute Gasteiger partial charge is 0.232 e. The van der Waals surface area contributed by atoms with Gasteiger partial charge in [-0.05, 0) is 24.3 Å². The lowest BCUT2D eigenvalue weighted by Crippen LogP contribution is -2.32. The number of carbonyl (C=O) groups excluding carboxylic acids is 2. The number of halogens is 1. The number of hydrogen-bond donors (Lipinski definition) is 4. The van der Waals surface area contributed by atoms with Crippen molar-refractivity contribution < 1.29 is 9.59 Å². The largest absolute Gasteiger partial charge is 0.383 e. The van der Waals surface area contributed by atoms with Crippen molar-refractivity contribution in [2.24, 2.45) is 0 Å². The lowest BCUT2D eigenvalue weighted by atomic mass is 9.92. The van der Waals surface area contributed by atoms with E-state index in [0.717, 1.165) is 0 Å². The number of nitrogen functional groups attached to an aromatic ring is 2. The monoisotopic (exact) mass is 332 g/mol. The standard InChI is InChI=1S/C14H13ClN6O2/c15-6-1-3-7(4-2-6)18-13(23)8-5-9(22)19-12-10(8)11(16)20-14(17)21-12/h1-4,8H,5H2,(H,18,23)(H5,16,17,19,20,21,22). The van der Waals surface area contributed by atoms with Gasteiger partial charge in [-0.2, -0.15) is 9.97 Å². The molecule has 8 nitrogen and oxygen atoms in total. The van der Waals surface area contributed by atoms with Gasteiger partial charge in [-0.3, -0.25) is 9.59 Å². The summed E-state index contributed by atoms with van der Waals surface area (Å²) < 4.78 is 0. The Bertz CT molecular complexity index is 793. The summed E-state index contributed by atoms with van der Waals surface area (Å²) in [5.41, 5.74) is 12.3. The number of nitrogens with zero attached hydrogens (tertiary/aromatic N) is 2. The molecule has 0 radical (unpaired) electrons. The highest BCUT2D eigenvalue weighted by Crippen LogP contribution is 2.35. The molecule has 3 rings (SSSR count). The van der Waals surface area contributed by atoms with Gasteiger partial charge in [0.1, 0.15) is 11.6 Å². The molecule has 0 saturated carbocycles. The van der Waals surface area contributed by atoms with Gasteiger partial charge < -0.3 is 22.1 Å². The fourth-order valence-electron chi connectivity index (χ4n) is 2.40. The number of anilines is 4. The molecule has 0 aliphatic carbocycles. The summed E-state index contributed by atoms with van der Waals surface area (Å²) >= 11 is 5.81. The number of aromatic nitrogens is 2. The molecule has 1 aromatic carbocycles. The van der Waals surface area contributed by atoms with Crippen LogP contribution in [0, 0.1) is 0 Å². The number of carbonyl (C=O) groups is 2. The summed E-state index contributed by atoms with van der Waals surface area (Å²) in [5, 5.41) is 5.83. The Morgan fingerprint density at radius 2 is 1.96 bits per heavy atom. The molecule has 2 heterocycles. The van der Waals surface area contributed by atoms with Crippen LogP contribution in [0.5, 0.6) is 0 Å². The van der Waals surface area contributed by atoms with Gasteiger partial charge in [-0.25, -0.2) is 0 Å². The van der Waals surface area contributed by atoms with Gasteiger partial charge in [0.15, 0.2) is 0 Å². The van der Waals surface area contributed by atoms with E-state index in [1.807, 2.05) is 0 Å². The molecule has 0 bridgehead atoms. The quantitative estimate of drug-likeness (QED) is 0.655. The number of nitrogens with one attached hydrogen (secondary N) is 2. The third-order valence-electron chi connectivity index (χ3n) is 3.42. The van der Waals surface area contributed by atoms with Crippen LogP contribution in [0.25, 0.3) is 0 Å². The van der Waals surface area contributed by atoms with E-state index in [1.54, 1.807) is 24.3 Å².